The van der Waals surface area contributed by atoms with Gasteiger partial charge in [-0.1, -0.05) is 0 Å². The molecule has 0 amide bonds. The lowest BCUT2D eigenvalue weighted by molar-refractivity contribution is 0.197. The quantitative estimate of drug-likeness (QED) is 0.835. The average molecular weight is 248 g/mol. The van der Waals surface area contributed by atoms with Gasteiger partial charge in [-0.15, -0.1) is 0 Å². The van der Waals surface area contributed by atoms with Gasteiger partial charge in [0.2, 0.25) is 11.8 Å². The molecule has 0 aliphatic heterocycles. The molecule has 0 aliphatic rings. The SMILES string of the molecule is COc1cnc(C(O)c2ncccn2)c(OC)n1. The number of rotatable bonds is 4. The number of aromatic nitrogens is 4. The smallest absolute Gasteiger partial charge is 0.241 e. The van der Waals surface area contributed by atoms with E-state index in [2.05, 4.69) is 19.9 Å². The highest BCUT2D eigenvalue weighted by Gasteiger charge is 2.21. The second kappa shape index (κ2) is 5.37. The van der Waals surface area contributed by atoms with Crippen molar-refractivity contribution in [3.63, 3.8) is 0 Å². The molecule has 0 aliphatic carbocycles. The molecule has 0 saturated heterocycles. The molecule has 1 unspecified atom stereocenters. The molecule has 2 rings (SSSR count). The van der Waals surface area contributed by atoms with Crippen LogP contribution in [0.3, 0.4) is 0 Å². The van der Waals surface area contributed by atoms with Crippen molar-refractivity contribution in [2.75, 3.05) is 14.2 Å². The Morgan fingerprint density at radius 2 is 1.83 bits per heavy atom. The Morgan fingerprint density at radius 3 is 2.44 bits per heavy atom. The molecule has 1 atom stereocenters. The summed E-state index contributed by atoms with van der Waals surface area (Å²) < 4.78 is 9.99. The average Bonchev–Trinajstić information content (AvgIpc) is 2.46. The van der Waals surface area contributed by atoms with Gasteiger partial charge in [-0.25, -0.2) is 15.0 Å². The Labute approximate surface area is 103 Å². The molecule has 0 fully saturated rings. The van der Waals surface area contributed by atoms with Crippen LogP contribution in [0, 0.1) is 0 Å². The van der Waals surface area contributed by atoms with Crippen molar-refractivity contribution < 1.29 is 14.6 Å². The van der Waals surface area contributed by atoms with Gasteiger partial charge in [0, 0.05) is 12.4 Å². The molecule has 0 saturated carbocycles. The van der Waals surface area contributed by atoms with E-state index in [4.69, 9.17) is 9.47 Å². The number of methoxy groups -OCH3 is 2. The summed E-state index contributed by atoms with van der Waals surface area (Å²) in [5.41, 5.74) is 0.240. The van der Waals surface area contributed by atoms with Gasteiger partial charge in [-0.2, -0.15) is 4.98 Å². The highest BCUT2D eigenvalue weighted by atomic mass is 16.5. The summed E-state index contributed by atoms with van der Waals surface area (Å²) in [5, 5.41) is 10.1. The number of aliphatic hydroxyl groups excluding tert-OH is 1. The fourth-order valence-electron chi connectivity index (χ4n) is 1.38. The number of nitrogens with zero attached hydrogens (tertiary/aromatic N) is 4. The van der Waals surface area contributed by atoms with Crippen LogP contribution >= 0.6 is 0 Å². The number of hydrogen-bond donors (Lipinski definition) is 1. The van der Waals surface area contributed by atoms with E-state index < -0.39 is 6.10 Å². The Kier molecular flexibility index (Phi) is 3.63. The minimum absolute atomic E-state index is 0.175. The first kappa shape index (κ1) is 12.2. The Morgan fingerprint density at radius 1 is 1.11 bits per heavy atom. The van der Waals surface area contributed by atoms with Crippen molar-refractivity contribution in [3.8, 4) is 11.8 Å². The van der Waals surface area contributed by atoms with Crippen molar-refractivity contribution in [1.82, 2.24) is 19.9 Å². The summed E-state index contributed by atoms with van der Waals surface area (Å²) in [6.45, 7) is 0. The lowest BCUT2D eigenvalue weighted by atomic mass is 10.2. The molecule has 0 spiro atoms. The second-order valence-corrected chi connectivity index (χ2v) is 3.32. The Balaban J connectivity index is 2.38. The van der Waals surface area contributed by atoms with Gasteiger partial charge in [0.1, 0.15) is 5.69 Å². The number of aliphatic hydroxyl groups is 1. The van der Waals surface area contributed by atoms with Gasteiger partial charge in [0.15, 0.2) is 11.9 Å². The Hall–Kier alpha value is -2.28. The lowest BCUT2D eigenvalue weighted by Gasteiger charge is -2.12. The summed E-state index contributed by atoms with van der Waals surface area (Å²) in [6, 6.07) is 1.66. The fraction of sp³-hybridized carbons (Fsp3) is 0.273. The fourth-order valence-corrected chi connectivity index (χ4v) is 1.38. The molecule has 7 heteroatoms. The van der Waals surface area contributed by atoms with Crippen molar-refractivity contribution >= 4 is 0 Å². The van der Waals surface area contributed by atoms with Crippen LogP contribution < -0.4 is 9.47 Å². The monoisotopic (exact) mass is 248 g/mol. The summed E-state index contributed by atoms with van der Waals surface area (Å²) in [4.78, 5) is 16.0. The second-order valence-electron chi connectivity index (χ2n) is 3.32. The lowest BCUT2D eigenvalue weighted by Crippen LogP contribution is -2.10. The molecule has 0 aromatic carbocycles. The van der Waals surface area contributed by atoms with Crippen LogP contribution in [-0.4, -0.2) is 39.3 Å². The van der Waals surface area contributed by atoms with E-state index in [1.54, 1.807) is 6.07 Å². The molecule has 0 bridgehead atoms. The molecule has 94 valence electrons. The number of ether oxygens (including phenoxy) is 2. The molecule has 2 aromatic heterocycles. The summed E-state index contributed by atoms with van der Waals surface area (Å²) in [6.07, 6.45) is 3.37. The Bertz CT molecular complexity index is 521. The van der Waals surface area contributed by atoms with E-state index in [1.165, 1.54) is 32.8 Å². The van der Waals surface area contributed by atoms with Gasteiger partial charge in [0.05, 0.1) is 20.4 Å². The van der Waals surface area contributed by atoms with Gasteiger partial charge >= 0.3 is 0 Å². The van der Waals surface area contributed by atoms with Crippen LogP contribution in [0.25, 0.3) is 0 Å². The van der Waals surface area contributed by atoms with Gasteiger partial charge in [-0.05, 0) is 6.07 Å². The molecule has 18 heavy (non-hydrogen) atoms. The van der Waals surface area contributed by atoms with Crippen molar-refractivity contribution in [1.29, 1.82) is 0 Å². The van der Waals surface area contributed by atoms with E-state index >= 15 is 0 Å². The maximum atomic E-state index is 10.1. The van der Waals surface area contributed by atoms with Gasteiger partial charge in [0.25, 0.3) is 0 Å². The standard InChI is InChI=1S/C11H12N4O3/c1-17-7-6-14-8(11(15-7)18-2)9(16)10-12-4-3-5-13-10/h3-6,9,16H,1-2H3. The van der Waals surface area contributed by atoms with E-state index in [1.807, 2.05) is 0 Å². The van der Waals surface area contributed by atoms with E-state index in [0.29, 0.717) is 5.88 Å². The molecule has 1 N–H and O–H groups in total. The molecular weight excluding hydrogens is 236 g/mol. The highest BCUT2D eigenvalue weighted by molar-refractivity contribution is 5.27. The van der Waals surface area contributed by atoms with Gasteiger partial charge in [-0.3, -0.25) is 0 Å². The maximum Gasteiger partial charge on any atom is 0.241 e. The van der Waals surface area contributed by atoms with Crippen molar-refractivity contribution in [3.05, 3.63) is 36.2 Å². The van der Waals surface area contributed by atoms with Crippen LogP contribution in [0.5, 0.6) is 11.8 Å². The highest BCUT2D eigenvalue weighted by Crippen LogP contribution is 2.25. The van der Waals surface area contributed by atoms with E-state index in [0.717, 1.165) is 0 Å². The minimum Gasteiger partial charge on any atom is -0.480 e. The van der Waals surface area contributed by atoms with Crippen LogP contribution in [0.4, 0.5) is 0 Å². The first-order chi connectivity index (χ1) is 8.76. The predicted octanol–water partition coefficient (Wildman–Crippen LogP) is 0.365. The molecule has 0 radical (unpaired) electrons. The van der Waals surface area contributed by atoms with Crippen LogP contribution in [-0.2, 0) is 0 Å². The predicted molar refractivity (Wildman–Crippen MR) is 61.2 cm³/mol. The normalized spacial score (nSPS) is 11.9. The zero-order valence-electron chi connectivity index (χ0n) is 9.94. The van der Waals surface area contributed by atoms with Crippen LogP contribution in [0.2, 0.25) is 0 Å². The zero-order chi connectivity index (χ0) is 13.0. The van der Waals surface area contributed by atoms with Crippen LogP contribution in [0.15, 0.2) is 24.7 Å². The molecule has 2 heterocycles. The topological polar surface area (TPSA) is 90.2 Å². The van der Waals surface area contributed by atoms with E-state index in [9.17, 15) is 5.11 Å². The minimum atomic E-state index is -1.10. The van der Waals surface area contributed by atoms with Gasteiger partial charge < -0.3 is 14.6 Å². The number of hydrogen-bond acceptors (Lipinski definition) is 7. The first-order valence-corrected chi connectivity index (χ1v) is 5.16. The third-order valence-electron chi connectivity index (χ3n) is 2.24. The maximum absolute atomic E-state index is 10.1. The summed E-state index contributed by atoms with van der Waals surface area (Å²) in [5.74, 6) is 0.710. The molecule has 7 nitrogen and oxygen atoms in total. The third kappa shape index (κ3) is 2.35. The van der Waals surface area contributed by atoms with Crippen molar-refractivity contribution in [2.45, 2.75) is 6.10 Å². The largest absolute Gasteiger partial charge is 0.480 e. The third-order valence-corrected chi connectivity index (χ3v) is 2.24. The van der Waals surface area contributed by atoms with E-state index in [-0.39, 0.29) is 17.4 Å². The zero-order valence-corrected chi connectivity index (χ0v) is 9.94. The van der Waals surface area contributed by atoms with Crippen LogP contribution in [0.1, 0.15) is 17.6 Å². The summed E-state index contributed by atoms with van der Waals surface area (Å²) >= 11 is 0. The summed E-state index contributed by atoms with van der Waals surface area (Å²) in [7, 11) is 2.91. The molecular formula is C11H12N4O3. The molecule has 2 aromatic rings. The first-order valence-electron chi connectivity index (χ1n) is 5.16. The van der Waals surface area contributed by atoms with Crippen molar-refractivity contribution in [2.24, 2.45) is 0 Å².